The summed E-state index contributed by atoms with van der Waals surface area (Å²) in [6, 6.07) is 0. The highest BCUT2D eigenvalue weighted by molar-refractivity contribution is 4.93. The fourth-order valence-electron chi connectivity index (χ4n) is 4.49. The van der Waals surface area contributed by atoms with E-state index < -0.39 is 17.1 Å². The Hall–Kier alpha value is -1.71. The molecule has 1 aromatic heterocycles. The average molecular weight is 424 g/mol. The lowest BCUT2D eigenvalue weighted by molar-refractivity contribution is -0.132. The zero-order valence-corrected chi connectivity index (χ0v) is 18.3. The minimum Gasteiger partial charge on any atom is -0.380 e. The summed E-state index contributed by atoms with van der Waals surface area (Å²) >= 11 is 0. The number of rotatable bonds is 9. The topological polar surface area (TPSA) is 93.7 Å². The predicted molar refractivity (Wildman–Crippen MR) is 110 cm³/mol. The maximum absolute atomic E-state index is 13.4. The molecule has 0 amide bonds. The van der Waals surface area contributed by atoms with Gasteiger partial charge in [-0.15, -0.1) is 0 Å². The summed E-state index contributed by atoms with van der Waals surface area (Å²) in [4.78, 5) is 40.1. The molecule has 4 rings (SSSR count). The van der Waals surface area contributed by atoms with Gasteiger partial charge in [0.2, 0.25) is 0 Å². The van der Waals surface area contributed by atoms with Gasteiger partial charge in [0.15, 0.2) is 0 Å². The van der Waals surface area contributed by atoms with Crippen molar-refractivity contribution in [3.8, 4) is 0 Å². The van der Waals surface area contributed by atoms with Crippen LogP contribution >= 0.6 is 0 Å². The minimum atomic E-state index is -0.517. The van der Waals surface area contributed by atoms with E-state index in [1.165, 1.54) is 13.7 Å². The van der Waals surface area contributed by atoms with Gasteiger partial charge >= 0.3 is 17.1 Å². The van der Waals surface area contributed by atoms with Crippen LogP contribution in [0.5, 0.6) is 0 Å². The lowest BCUT2D eigenvalue weighted by Gasteiger charge is -2.43. The van der Waals surface area contributed by atoms with Gasteiger partial charge in [-0.05, 0) is 19.3 Å². The summed E-state index contributed by atoms with van der Waals surface area (Å²) < 4.78 is 20.0. The van der Waals surface area contributed by atoms with Crippen LogP contribution in [0.25, 0.3) is 0 Å². The third kappa shape index (κ3) is 3.40. The number of nitrogens with zero attached hydrogens (tertiary/aromatic N) is 3. The monoisotopic (exact) mass is 423 g/mol. The predicted octanol–water partition coefficient (Wildman–Crippen LogP) is 0.452. The largest absolute Gasteiger partial charge is 0.380 e. The summed E-state index contributed by atoms with van der Waals surface area (Å²) in [6.07, 6.45) is 2.41. The highest BCUT2D eigenvalue weighted by Gasteiger charge is 2.42. The first-order valence-electron chi connectivity index (χ1n) is 11.0. The molecule has 0 atom stereocenters. The normalized spacial score (nSPS) is 23.3. The summed E-state index contributed by atoms with van der Waals surface area (Å²) in [5.41, 5.74) is -2.24. The second-order valence-electron chi connectivity index (χ2n) is 9.65. The van der Waals surface area contributed by atoms with Gasteiger partial charge < -0.3 is 14.2 Å². The lowest BCUT2D eigenvalue weighted by Crippen LogP contribution is -2.62. The zero-order valence-electron chi connectivity index (χ0n) is 18.3. The van der Waals surface area contributed by atoms with Crippen LogP contribution in [0.2, 0.25) is 0 Å². The second kappa shape index (κ2) is 7.76. The van der Waals surface area contributed by atoms with E-state index in [9.17, 15) is 14.4 Å². The van der Waals surface area contributed by atoms with Crippen LogP contribution in [0.4, 0.5) is 0 Å². The Morgan fingerprint density at radius 3 is 0.933 bits per heavy atom. The molecule has 1 aromatic rings. The Kier molecular flexibility index (Phi) is 5.57. The van der Waals surface area contributed by atoms with Crippen molar-refractivity contribution >= 4 is 0 Å². The van der Waals surface area contributed by atoms with E-state index in [1.807, 2.05) is 20.8 Å². The molecule has 0 aliphatic carbocycles. The molecular weight excluding hydrogens is 390 g/mol. The fourth-order valence-corrected chi connectivity index (χ4v) is 4.49. The third-order valence-electron chi connectivity index (χ3n) is 7.57. The van der Waals surface area contributed by atoms with Crippen molar-refractivity contribution in [3.63, 3.8) is 0 Å². The Morgan fingerprint density at radius 1 is 0.567 bits per heavy atom. The molecule has 9 nitrogen and oxygen atoms in total. The van der Waals surface area contributed by atoms with Crippen LogP contribution in [0.3, 0.4) is 0 Å². The summed E-state index contributed by atoms with van der Waals surface area (Å²) in [5, 5.41) is 0. The summed E-state index contributed by atoms with van der Waals surface area (Å²) in [7, 11) is 0. The first-order valence-corrected chi connectivity index (χ1v) is 11.0. The molecule has 3 aliphatic rings. The smallest absolute Gasteiger partial charge is 0.336 e. The number of hydrogen-bond acceptors (Lipinski definition) is 6. The van der Waals surface area contributed by atoms with Gasteiger partial charge in [0.1, 0.15) is 0 Å². The Bertz CT molecular complexity index is 792. The first-order chi connectivity index (χ1) is 14.3. The number of ether oxygens (including phenoxy) is 3. The molecule has 0 N–H and O–H groups in total. The first kappa shape index (κ1) is 21.5. The molecular formula is C21H33N3O6. The molecule has 0 radical (unpaired) electrons. The highest BCUT2D eigenvalue weighted by Crippen LogP contribution is 2.34. The van der Waals surface area contributed by atoms with Crippen molar-refractivity contribution in [1.29, 1.82) is 0 Å². The second-order valence-corrected chi connectivity index (χ2v) is 9.65. The Balaban J connectivity index is 1.81. The molecule has 9 heteroatoms. The average Bonchev–Trinajstić information content (AvgIpc) is 2.65. The molecule has 0 bridgehead atoms. The van der Waals surface area contributed by atoms with Gasteiger partial charge in [0.05, 0.1) is 39.6 Å². The van der Waals surface area contributed by atoms with Crippen molar-refractivity contribution < 1.29 is 14.2 Å². The van der Waals surface area contributed by atoms with Crippen LogP contribution in [-0.4, -0.2) is 53.3 Å². The van der Waals surface area contributed by atoms with Crippen molar-refractivity contribution in [2.24, 2.45) is 16.2 Å². The maximum atomic E-state index is 13.4. The molecule has 0 unspecified atom stereocenters. The molecule has 0 saturated carbocycles. The summed E-state index contributed by atoms with van der Waals surface area (Å²) in [5.74, 6) is 0. The molecule has 30 heavy (non-hydrogen) atoms. The van der Waals surface area contributed by atoms with Gasteiger partial charge in [-0.25, -0.2) is 28.1 Å². The highest BCUT2D eigenvalue weighted by atomic mass is 16.5. The fraction of sp³-hybridized carbons (Fsp3) is 0.857. The molecule has 0 spiro atoms. The molecule has 0 aromatic carbocycles. The van der Waals surface area contributed by atoms with Gasteiger partial charge in [0, 0.05) is 35.9 Å². The molecule has 168 valence electrons. The van der Waals surface area contributed by atoms with Crippen LogP contribution < -0.4 is 17.1 Å². The SMILES string of the molecule is CCC1(Cn2c(=O)n(CC3(CC)COC3)c(=O)n(CC3(CC)COC3)c2=O)COC1. The summed E-state index contributed by atoms with van der Waals surface area (Å²) in [6.45, 7) is 10.1. The molecule has 3 aliphatic heterocycles. The Morgan fingerprint density at radius 2 is 0.800 bits per heavy atom. The van der Waals surface area contributed by atoms with Gasteiger partial charge in [-0.3, -0.25) is 0 Å². The van der Waals surface area contributed by atoms with E-state index in [-0.39, 0.29) is 35.9 Å². The van der Waals surface area contributed by atoms with Gasteiger partial charge in [-0.2, -0.15) is 0 Å². The number of hydrogen-bond donors (Lipinski definition) is 0. The van der Waals surface area contributed by atoms with Crippen LogP contribution in [0, 0.1) is 16.2 Å². The standard InChI is InChI=1S/C21H33N3O6/c1-4-19(10-28-11-19)7-22-16(25)23(8-20(5-2)12-29-13-20)18(27)24(17(22)26)9-21(6-3)14-30-15-21/h4-15H2,1-3H3. The van der Waals surface area contributed by atoms with Crippen molar-refractivity contribution in [1.82, 2.24) is 13.7 Å². The maximum Gasteiger partial charge on any atom is 0.336 e. The quantitative estimate of drug-likeness (QED) is 0.573. The van der Waals surface area contributed by atoms with Crippen LogP contribution in [0.1, 0.15) is 40.0 Å². The van der Waals surface area contributed by atoms with Crippen molar-refractivity contribution in [3.05, 3.63) is 31.5 Å². The van der Waals surface area contributed by atoms with Crippen LogP contribution in [0.15, 0.2) is 14.4 Å². The van der Waals surface area contributed by atoms with Crippen molar-refractivity contribution in [2.75, 3.05) is 39.6 Å². The molecule has 3 fully saturated rings. The number of aromatic nitrogens is 3. The van der Waals surface area contributed by atoms with E-state index >= 15 is 0 Å². The van der Waals surface area contributed by atoms with Gasteiger partial charge in [0.25, 0.3) is 0 Å². The molecule has 3 saturated heterocycles. The Labute approximate surface area is 175 Å². The zero-order chi connectivity index (χ0) is 21.6. The van der Waals surface area contributed by atoms with Crippen molar-refractivity contribution in [2.45, 2.75) is 59.7 Å². The van der Waals surface area contributed by atoms with E-state index in [0.717, 1.165) is 19.3 Å². The third-order valence-corrected chi connectivity index (χ3v) is 7.57. The van der Waals surface area contributed by atoms with E-state index in [0.29, 0.717) is 39.6 Å². The lowest BCUT2D eigenvalue weighted by atomic mass is 9.82. The van der Waals surface area contributed by atoms with E-state index in [1.54, 1.807) is 0 Å². The van der Waals surface area contributed by atoms with E-state index in [4.69, 9.17) is 14.2 Å². The minimum absolute atomic E-state index is 0.229. The van der Waals surface area contributed by atoms with E-state index in [2.05, 4.69) is 0 Å². The molecule has 4 heterocycles. The van der Waals surface area contributed by atoms with Gasteiger partial charge in [-0.1, -0.05) is 20.8 Å². The van der Waals surface area contributed by atoms with Crippen LogP contribution in [-0.2, 0) is 33.8 Å².